The Kier molecular flexibility index (Phi) is 2.49. The Morgan fingerprint density at radius 3 is 2.80 bits per heavy atom. The predicted octanol–water partition coefficient (Wildman–Crippen LogP) is 0.962. The van der Waals surface area contributed by atoms with E-state index in [0.29, 0.717) is 5.11 Å². The zero-order valence-electron chi connectivity index (χ0n) is 6.34. The topological polar surface area (TPSA) is 29.3 Å². The van der Waals surface area contributed by atoms with Gasteiger partial charge in [-0.15, -0.1) is 0 Å². The van der Waals surface area contributed by atoms with Crippen molar-refractivity contribution in [2.75, 3.05) is 13.1 Å². The standard InChI is InChI=1S/C7H14N2S/c1-2-6-3-4-9(5-6)7(8)10/h6H,2-5H2,1H3,(H2,8,10). The lowest BCUT2D eigenvalue weighted by atomic mass is 10.1. The summed E-state index contributed by atoms with van der Waals surface area (Å²) in [7, 11) is 0. The van der Waals surface area contributed by atoms with E-state index in [-0.39, 0.29) is 0 Å². The van der Waals surface area contributed by atoms with Gasteiger partial charge in [-0.3, -0.25) is 0 Å². The third kappa shape index (κ3) is 1.59. The summed E-state index contributed by atoms with van der Waals surface area (Å²) in [6.45, 7) is 4.35. The minimum absolute atomic E-state index is 0.566. The molecule has 58 valence electrons. The first kappa shape index (κ1) is 7.79. The van der Waals surface area contributed by atoms with Crippen LogP contribution in [0.3, 0.4) is 0 Å². The molecule has 2 N–H and O–H groups in total. The van der Waals surface area contributed by atoms with Gasteiger partial charge in [0.15, 0.2) is 5.11 Å². The smallest absolute Gasteiger partial charge is 0.166 e. The van der Waals surface area contributed by atoms with Gasteiger partial charge in [-0.1, -0.05) is 13.3 Å². The van der Waals surface area contributed by atoms with E-state index in [1.54, 1.807) is 0 Å². The molecule has 1 unspecified atom stereocenters. The van der Waals surface area contributed by atoms with Gasteiger partial charge >= 0.3 is 0 Å². The van der Waals surface area contributed by atoms with Crippen LogP contribution < -0.4 is 5.73 Å². The summed E-state index contributed by atoms with van der Waals surface area (Å²) in [6, 6.07) is 0. The number of nitrogens with zero attached hydrogens (tertiary/aromatic N) is 1. The van der Waals surface area contributed by atoms with E-state index in [1.165, 1.54) is 12.8 Å². The highest BCUT2D eigenvalue weighted by atomic mass is 32.1. The van der Waals surface area contributed by atoms with Crippen LogP contribution in [0.25, 0.3) is 0 Å². The molecule has 0 spiro atoms. The normalized spacial score (nSPS) is 25.3. The number of likely N-dealkylation sites (tertiary alicyclic amines) is 1. The van der Waals surface area contributed by atoms with Gasteiger partial charge < -0.3 is 10.6 Å². The molecule has 1 atom stereocenters. The summed E-state index contributed by atoms with van der Waals surface area (Å²) in [5.41, 5.74) is 5.47. The third-order valence-corrected chi connectivity index (χ3v) is 2.43. The molecule has 0 aliphatic carbocycles. The lowest BCUT2D eigenvalue weighted by Crippen LogP contribution is -2.33. The summed E-state index contributed by atoms with van der Waals surface area (Å²) >= 11 is 4.86. The van der Waals surface area contributed by atoms with Crippen molar-refractivity contribution in [2.45, 2.75) is 19.8 Å². The van der Waals surface area contributed by atoms with Crippen molar-refractivity contribution in [3.05, 3.63) is 0 Å². The van der Waals surface area contributed by atoms with E-state index in [2.05, 4.69) is 11.8 Å². The van der Waals surface area contributed by atoms with E-state index >= 15 is 0 Å². The number of rotatable bonds is 1. The molecule has 0 bridgehead atoms. The number of nitrogens with two attached hydrogens (primary N) is 1. The highest BCUT2D eigenvalue weighted by Gasteiger charge is 2.20. The monoisotopic (exact) mass is 158 g/mol. The first-order valence-corrected chi connectivity index (χ1v) is 4.19. The second-order valence-corrected chi connectivity index (χ2v) is 3.27. The van der Waals surface area contributed by atoms with Gasteiger partial charge in [-0.2, -0.15) is 0 Å². The summed E-state index contributed by atoms with van der Waals surface area (Å²) in [5, 5.41) is 0.566. The summed E-state index contributed by atoms with van der Waals surface area (Å²) in [6.07, 6.45) is 2.51. The molecule has 1 rings (SSSR count). The molecule has 0 amide bonds. The molecule has 1 aliphatic heterocycles. The van der Waals surface area contributed by atoms with Crippen molar-refractivity contribution in [3.8, 4) is 0 Å². The predicted molar refractivity (Wildman–Crippen MR) is 46.8 cm³/mol. The number of hydrogen-bond acceptors (Lipinski definition) is 1. The zero-order chi connectivity index (χ0) is 7.56. The Bertz CT molecular complexity index is 136. The molecule has 0 aromatic rings. The molecule has 1 heterocycles. The van der Waals surface area contributed by atoms with Crippen LogP contribution in [0.5, 0.6) is 0 Å². The largest absolute Gasteiger partial charge is 0.376 e. The van der Waals surface area contributed by atoms with Crippen LogP contribution in [-0.4, -0.2) is 23.1 Å². The summed E-state index contributed by atoms with van der Waals surface area (Å²) < 4.78 is 0. The SMILES string of the molecule is CCC1CCN(C(N)=S)C1. The van der Waals surface area contributed by atoms with Crippen molar-refractivity contribution in [3.63, 3.8) is 0 Å². The van der Waals surface area contributed by atoms with Crippen LogP contribution in [-0.2, 0) is 0 Å². The molecule has 10 heavy (non-hydrogen) atoms. The molecule has 0 radical (unpaired) electrons. The van der Waals surface area contributed by atoms with Gasteiger partial charge in [0.2, 0.25) is 0 Å². The van der Waals surface area contributed by atoms with E-state index in [1.807, 2.05) is 0 Å². The highest BCUT2D eigenvalue weighted by molar-refractivity contribution is 7.80. The third-order valence-electron chi connectivity index (χ3n) is 2.17. The second-order valence-electron chi connectivity index (χ2n) is 2.85. The van der Waals surface area contributed by atoms with E-state index < -0.39 is 0 Å². The average molecular weight is 158 g/mol. The van der Waals surface area contributed by atoms with Crippen LogP contribution in [0.2, 0.25) is 0 Å². The quantitative estimate of drug-likeness (QED) is 0.576. The minimum Gasteiger partial charge on any atom is -0.376 e. The Labute approximate surface area is 67.4 Å². The maximum absolute atomic E-state index is 5.47. The van der Waals surface area contributed by atoms with Gasteiger partial charge in [0.05, 0.1) is 0 Å². The van der Waals surface area contributed by atoms with Gasteiger partial charge in [0.1, 0.15) is 0 Å². The van der Waals surface area contributed by atoms with Crippen LogP contribution >= 0.6 is 12.2 Å². The molecule has 3 heteroatoms. The molecule has 1 aliphatic rings. The molecule has 0 saturated carbocycles. The first-order chi connectivity index (χ1) is 4.74. The van der Waals surface area contributed by atoms with Crippen LogP contribution in [0.1, 0.15) is 19.8 Å². The van der Waals surface area contributed by atoms with Gasteiger partial charge in [0, 0.05) is 13.1 Å². The lowest BCUT2D eigenvalue weighted by Gasteiger charge is -2.14. The van der Waals surface area contributed by atoms with Crippen molar-refractivity contribution >= 4 is 17.3 Å². The maximum Gasteiger partial charge on any atom is 0.166 e. The van der Waals surface area contributed by atoms with Gasteiger partial charge in [0.25, 0.3) is 0 Å². The number of hydrogen-bond donors (Lipinski definition) is 1. The van der Waals surface area contributed by atoms with E-state index in [4.69, 9.17) is 18.0 Å². The highest BCUT2D eigenvalue weighted by Crippen LogP contribution is 2.18. The second kappa shape index (κ2) is 3.19. The Morgan fingerprint density at radius 1 is 1.80 bits per heavy atom. The fraction of sp³-hybridized carbons (Fsp3) is 0.857. The van der Waals surface area contributed by atoms with Crippen molar-refractivity contribution in [1.29, 1.82) is 0 Å². The van der Waals surface area contributed by atoms with Gasteiger partial charge in [-0.25, -0.2) is 0 Å². The molecule has 0 aromatic heterocycles. The van der Waals surface area contributed by atoms with Crippen molar-refractivity contribution < 1.29 is 0 Å². The molecule has 1 saturated heterocycles. The van der Waals surface area contributed by atoms with Crippen molar-refractivity contribution in [1.82, 2.24) is 4.90 Å². The van der Waals surface area contributed by atoms with E-state index in [0.717, 1.165) is 19.0 Å². The Hall–Kier alpha value is -0.310. The molecular formula is C7H14N2S. The Balaban J connectivity index is 2.35. The molecule has 2 nitrogen and oxygen atoms in total. The Morgan fingerprint density at radius 2 is 2.50 bits per heavy atom. The first-order valence-electron chi connectivity index (χ1n) is 3.78. The average Bonchev–Trinajstić information content (AvgIpc) is 2.34. The number of thiocarbonyl (C=S) groups is 1. The molecule has 0 aromatic carbocycles. The van der Waals surface area contributed by atoms with Gasteiger partial charge in [-0.05, 0) is 24.6 Å². The zero-order valence-corrected chi connectivity index (χ0v) is 7.16. The molecule has 1 fully saturated rings. The van der Waals surface area contributed by atoms with Crippen molar-refractivity contribution in [2.24, 2.45) is 11.7 Å². The lowest BCUT2D eigenvalue weighted by molar-refractivity contribution is 0.475. The van der Waals surface area contributed by atoms with Crippen LogP contribution in [0.15, 0.2) is 0 Å². The minimum atomic E-state index is 0.566. The molecular weight excluding hydrogens is 144 g/mol. The maximum atomic E-state index is 5.47. The summed E-state index contributed by atoms with van der Waals surface area (Å²) in [4.78, 5) is 2.09. The van der Waals surface area contributed by atoms with Crippen LogP contribution in [0.4, 0.5) is 0 Å². The van der Waals surface area contributed by atoms with Crippen LogP contribution in [0, 0.1) is 5.92 Å². The van der Waals surface area contributed by atoms with E-state index in [9.17, 15) is 0 Å². The summed E-state index contributed by atoms with van der Waals surface area (Å²) in [5.74, 6) is 0.821. The fourth-order valence-electron chi connectivity index (χ4n) is 1.37. The fourth-order valence-corrected chi connectivity index (χ4v) is 1.53.